The molecule has 0 radical (unpaired) electrons. The minimum absolute atomic E-state index is 0.213. The lowest BCUT2D eigenvalue weighted by molar-refractivity contribution is -0.128. The highest BCUT2D eigenvalue weighted by Crippen LogP contribution is 2.12. The van der Waals surface area contributed by atoms with Gasteiger partial charge in [-0.1, -0.05) is 25.5 Å². The molecule has 0 unspecified atom stereocenters. The Labute approximate surface area is 109 Å². The molecular weight excluding hydrogens is 224 g/mol. The van der Waals surface area contributed by atoms with Crippen molar-refractivity contribution >= 4 is 11.6 Å². The van der Waals surface area contributed by atoms with Crippen molar-refractivity contribution in [1.82, 2.24) is 4.90 Å². The third-order valence-corrected chi connectivity index (χ3v) is 3.40. The summed E-state index contributed by atoms with van der Waals surface area (Å²) in [4.78, 5) is 13.8. The highest BCUT2D eigenvalue weighted by Gasteiger charge is 2.16. The number of hydrogen-bond donors (Lipinski definition) is 1. The number of carbonyl (C=O) groups is 1. The summed E-state index contributed by atoms with van der Waals surface area (Å²) < 4.78 is 0. The van der Waals surface area contributed by atoms with E-state index >= 15 is 0 Å². The van der Waals surface area contributed by atoms with Crippen LogP contribution in [0.5, 0.6) is 0 Å². The monoisotopic (exact) mass is 246 g/mol. The predicted molar refractivity (Wildman–Crippen MR) is 74.7 cm³/mol. The summed E-state index contributed by atoms with van der Waals surface area (Å²) in [6, 6.07) is 8.38. The highest BCUT2D eigenvalue weighted by atomic mass is 16.2. The maximum atomic E-state index is 11.9. The summed E-state index contributed by atoms with van der Waals surface area (Å²) in [6.07, 6.45) is 4.59. The maximum Gasteiger partial charge on any atom is 0.241 e. The SMILES string of the molecule is CCCc1ccc(NCC(=O)N2CCCC2)cc1. The van der Waals surface area contributed by atoms with Gasteiger partial charge in [-0.15, -0.1) is 0 Å². The van der Waals surface area contributed by atoms with Gasteiger partial charge in [0.2, 0.25) is 5.91 Å². The van der Waals surface area contributed by atoms with Crippen molar-refractivity contribution in [3.8, 4) is 0 Å². The Morgan fingerprint density at radius 3 is 2.50 bits per heavy atom. The first kappa shape index (κ1) is 12.9. The zero-order chi connectivity index (χ0) is 12.8. The fraction of sp³-hybridized carbons (Fsp3) is 0.533. The molecule has 98 valence electrons. The number of nitrogens with zero attached hydrogens (tertiary/aromatic N) is 1. The molecule has 0 saturated carbocycles. The smallest absolute Gasteiger partial charge is 0.241 e. The molecule has 0 bridgehead atoms. The maximum absolute atomic E-state index is 11.9. The molecule has 1 aromatic rings. The molecule has 1 N–H and O–H groups in total. The second-order valence-electron chi connectivity index (χ2n) is 4.89. The molecule has 1 amide bonds. The number of likely N-dealkylation sites (tertiary alicyclic amines) is 1. The Hall–Kier alpha value is -1.51. The largest absolute Gasteiger partial charge is 0.376 e. The average molecular weight is 246 g/mol. The number of nitrogens with one attached hydrogen (secondary N) is 1. The minimum atomic E-state index is 0.213. The van der Waals surface area contributed by atoms with Gasteiger partial charge in [0.25, 0.3) is 0 Å². The van der Waals surface area contributed by atoms with E-state index in [1.54, 1.807) is 0 Å². The van der Waals surface area contributed by atoms with Gasteiger partial charge in [-0.25, -0.2) is 0 Å². The molecule has 0 atom stereocenters. The first-order valence-corrected chi connectivity index (χ1v) is 6.90. The van der Waals surface area contributed by atoms with E-state index in [1.165, 1.54) is 12.0 Å². The summed E-state index contributed by atoms with van der Waals surface area (Å²) >= 11 is 0. The van der Waals surface area contributed by atoms with Crippen LogP contribution in [0, 0.1) is 0 Å². The van der Waals surface area contributed by atoms with E-state index in [1.807, 2.05) is 4.90 Å². The van der Waals surface area contributed by atoms with Crippen molar-refractivity contribution < 1.29 is 4.79 Å². The van der Waals surface area contributed by atoms with Gasteiger partial charge in [0.15, 0.2) is 0 Å². The predicted octanol–water partition coefficient (Wildman–Crippen LogP) is 2.67. The molecule has 18 heavy (non-hydrogen) atoms. The summed E-state index contributed by atoms with van der Waals surface area (Å²) in [5.74, 6) is 0.213. The quantitative estimate of drug-likeness (QED) is 0.866. The molecule has 2 rings (SSSR count). The van der Waals surface area contributed by atoms with E-state index in [4.69, 9.17) is 0 Å². The molecule has 1 fully saturated rings. The van der Waals surface area contributed by atoms with Crippen molar-refractivity contribution in [3.05, 3.63) is 29.8 Å². The van der Waals surface area contributed by atoms with Crippen LogP contribution >= 0.6 is 0 Å². The molecule has 1 aliphatic heterocycles. The van der Waals surface area contributed by atoms with Gasteiger partial charge < -0.3 is 10.2 Å². The average Bonchev–Trinajstić information content (AvgIpc) is 2.92. The molecular formula is C15H22N2O. The Bertz CT molecular complexity index is 380. The zero-order valence-electron chi connectivity index (χ0n) is 11.1. The molecule has 1 aliphatic rings. The first-order chi connectivity index (χ1) is 8.79. The third kappa shape index (κ3) is 3.49. The molecule has 0 aromatic heterocycles. The van der Waals surface area contributed by atoms with E-state index in [0.29, 0.717) is 6.54 Å². The van der Waals surface area contributed by atoms with Gasteiger partial charge in [0, 0.05) is 18.8 Å². The van der Waals surface area contributed by atoms with Crippen LogP contribution in [0.15, 0.2) is 24.3 Å². The van der Waals surface area contributed by atoms with Crippen LogP contribution < -0.4 is 5.32 Å². The Morgan fingerprint density at radius 2 is 1.89 bits per heavy atom. The van der Waals surface area contributed by atoms with Gasteiger partial charge in [-0.3, -0.25) is 4.79 Å². The lowest BCUT2D eigenvalue weighted by Crippen LogP contribution is -2.32. The second-order valence-corrected chi connectivity index (χ2v) is 4.89. The van der Waals surface area contributed by atoms with Crippen LogP contribution in [0.2, 0.25) is 0 Å². The number of aryl methyl sites for hydroxylation is 1. The number of hydrogen-bond acceptors (Lipinski definition) is 2. The van der Waals surface area contributed by atoms with Crippen molar-refractivity contribution in [2.75, 3.05) is 25.0 Å². The molecule has 1 heterocycles. The van der Waals surface area contributed by atoms with Gasteiger partial charge >= 0.3 is 0 Å². The Kier molecular flexibility index (Phi) is 4.62. The highest BCUT2D eigenvalue weighted by molar-refractivity contribution is 5.81. The van der Waals surface area contributed by atoms with Crippen LogP contribution in [0.1, 0.15) is 31.7 Å². The number of amides is 1. The molecule has 0 aliphatic carbocycles. The van der Waals surface area contributed by atoms with E-state index in [2.05, 4.69) is 36.5 Å². The van der Waals surface area contributed by atoms with Crippen molar-refractivity contribution in [2.45, 2.75) is 32.6 Å². The molecule has 1 aromatic carbocycles. The number of carbonyl (C=O) groups excluding carboxylic acids is 1. The first-order valence-electron chi connectivity index (χ1n) is 6.90. The van der Waals surface area contributed by atoms with Crippen LogP contribution in [-0.2, 0) is 11.2 Å². The standard InChI is InChI=1S/C15H22N2O/c1-2-5-13-6-8-14(9-7-13)16-12-15(18)17-10-3-4-11-17/h6-9,16H,2-5,10-12H2,1H3. The number of rotatable bonds is 5. The van der Waals surface area contributed by atoms with Crippen molar-refractivity contribution in [2.24, 2.45) is 0 Å². The third-order valence-electron chi connectivity index (χ3n) is 3.40. The van der Waals surface area contributed by atoms with Crippen LogP contribution in [0.25, 0.3) is 0 Å². The van der Waals surface area contributed by atoms with Crippen LogP contribution in [-0.4, -0.2) is 30.4 Å². The Morgan fingerprint density at radius 1 is 1.22 bits per heavy atom. The topological polar surface area (TPSA) is 32.3 Å². The number of anilines is 1. The number of benzene rings is 1. The van der Waals surface area contributed by atoms with Crippen LogP contribution in [0.3, 0.4) is 0 Å². The van der Waals surface area contributed by atoms with Gasteiger partial charge in [-0.2, -0.15) is 0 Å². The summed E-state index contributed by atoms with van der Waals surface area (Å²) in [5, 5.41) is 3.20. The van der Waals surface area contributed by atoms with Crippen molar-refractivity contribution in [1.29, 1.82) is 0 Å². The fourth-order valence-corrected chi connectivity index (χ4v) is 2.33. The van der Waals surface area contributed by atoms with Gasteiger partial charge in [-0.05, 0) is 37.0 Å². The van der Waals surface area contributed by atoms with E-state index in [9.17, 15) is 4.79 Å². The van der Waals surface area contributed by atoms with E-state index in [-0.39, 0.29) is 5.91 Å². The summed E-state index contributed by atoms with van der Waals surface area (Å²) in [6.45, 7) is 4.44. The zero-order valence-corrected chi connectivity index (χ0v) is 11.1. The molecule has 1 saturated heterocycles. The summed E-state index contributed by atoms with van der Waals surface area (Å²) in [5.41, 5.74) is 2.39. The van der Waals surface area contributed by atoms with E-state index < -0.39 is 0 Å². The van der Waals surface area contributed by atoms with Crippen molar-refractivity contribution in [3.63, 3.8) is 0 Å². The second kappa shape index (κ2) is 6.43. The Balaban J connectivity index is 1.80. The lowest BCUT2D eigenvalue weighted by atomic mass is 10.1. The summed E-state index contributed by atoms with van der Waals surface area (Å²) in [7, 11) is 0. The van der Waals surface area contributed by atoms with E-state index in [0.717, 1.165) is 38.0 Å². The normalized spacial score (nSPS) is 14.8. The lowest BCUT2D eigenvalue weighted by Gasteiger charge is -2.16. The molecule has 3 heteroatoms. The minimum Gasteiger partial charge on any atom is -0.376 e. The molecule has 3 nitrogen and oxygen atoms in total. The van der Waals surface area contributed by atoms with Gasteiger partial charge in [0.05, 0.1) is 6.54 Å². The van der Waals surface area contributed by atoms with Crippen LogP contribution in [0.4, 0.5) is 5.69 Å². The molecule has 0 spiro atoms. The van der Waals surface area contributed by atoms with Gasteiger partial charge in [0.1, 0.15) is 0 Å². The fourth-order valence-electron chi connectivity index (χ4n) is 2.33.